The Morgan fingerprint density at radius 1 is 0.257 bits per heavy atom. The van der Waals surface area contributed by atoms with Crippen LogP contribution < -0.4 is 0 Å². The van der Waals surface area contributed by atoms with Gasteiger partial charge in [-0.2, -0.15) is 0 Å². The summed E-state index contributed by atoms with van der Waals surface area (Å²) < 4.78 is 61.3. The zero-order valence-corrected chi connectivity index (χ0v) is 72.8. The highest BCUT2D eigenvalue weighted by Gasteiger charge is 2.29. The van der Waals surface area contributed by atoms with Crippen LogP contribution in [0.1, 0.15) is 355 Å². The number of rotatable bonds is 83. The van der Waals surface area contributed by atoms with E-state index < -0.39 is 91.5 Å². The SMILES string of the molecule is CC/C=C\C/C=C\C/C=C\C/C=C\C/C=C\C/C=C\CCCCCCC(=O)OCC(COP(=O)(O)OCC(O)COP(=O)(O)OCC(O)COC(=O)CCCCCCCCCCCCCCCCCCCCC/C=C\C/C=C\C/C=C\C/C=C\C/C=C\CC)OC(=O)CCCCCCCC/C=C\C/C=C\C/C=C\CCCCC. The number of carbonyl (C=O) groups is 3. The number of allylic oxidation sites excluding steroid dienone is 28. The van der Waals surface area contributed by atoms with Crippen molar-refractivity contribution in [3.63, 3.8) is 0 Å². The van der Waals surface area contributed by atoms with Crippen molar-refractivity contribution >= 4 is 33.6 Å². The van der Waals surface area contributed by atoms with Gasteiger partial charge in [0.15, 0.2) is 6.10 Å². The van der Waals surface area contributed by atoms with Gasteiger partial charge in [0.1, 0.15) is 25.4 Å². The van der Waals surface area contributed by atoms with Crippen LogP contribution in [0.15, 0.2) is 170 Å². The molecular weight excluding hydrogens is 1460 g/mol. The molecule has 0 aromatic heterocycles. The lowest BCUT2D eigenvalue weighted by Gasteiger charge is -2.21. The van der Waals surface area contributed by atoms with Crippen molar-refractivity contribution in [3.8, 4) is 0 Å². The maximum atomic E-state index is 13.0. The molecule has 113 heavy (non-hydrogen) atoms. The molecule has 0 saturated heterocycles. The van der Waals surface area contributed by atoms with Gasteiger partial charge in [0.25, 0.3) is 0 Å². The second kappa shape index (κ2) is 86.3. The smallest absolute Gasteiger partial charge is 0.463 e. The van der Waals surface area contributed by atoms with Crippen molar-refractivity contribution in [2.45, 2.75) is 373 Å². The molecule has 0 radical (unpaired) electrons. The van der Waals surface area contributed by atoms with E-state index in [9.17, 15) is 43.5 Å². The fourth-order valence-electron chi connectivity index (χ4n) is 11.7. The number of carbonyl (C=O) groups excluding carboxylic acids is 3. The topological polar surface area (TPSA) is 231 Å². The van der Waals surface area contributed by atoms with E-state index in [1.54, 1.807) is 0 Å². The highest BCUT2D eigenvalue weighted by Crippen LogP contribution is 2.45. The zero-order chi connectivity index (χ0) is 82.2. The Kier molecular flexibility index (Phi) is 82.4. The highest BCUT2D eigenvalue weighted by atomic mass is 31.2. The number of phosphoric ester groups is 2. The highest BCUT2D eigenvalue weighted by molar-refractivity contribution is 7.47. The molecule has 0 aliphatic rings. The van der Waals surface area contributed by atoms with Crippen LogP contribution in [0.3, 0.4) is 0 Å². The summed E-state index contributed by atoms with van der Waals surface area (Å²) >= 11 is 0. The third-order valence-electron chi connectivity index (χ3n) is 18.4. The molecule has 0 amide bonds. The molecule has 0 fully saturated rings. The van der Waals surface area contributed by atoms with Gasteiger partial charge in [-0.05, 0) is 154 Å². The van der Waals surface area contributed by atoms with Gasteiger partial charge in [0.2, 0.25) is 0 Å². The monoisotopic (exact) mass is 1620 g/mol. The summed E-state index contributed by atoms with van der Waals surface area (Å²) in [6.45, 7) is 2.41. The average Bonchev–Trinajstić information content (AvgIpc) is 0.902. The Bertz CT molecular complexity index is 2730. The minimum atomic E-state index is -4.95. The van der Waals surface area contributed by atoms with E-state index in [2.05, 4.69) is 191 Å². The van der Waals surface area contributed by atoms with Crippen LogP contribution in [0, 0.1) is 0 Å². The summed E-state index contributed by atoms with van der Waals surface area (Å²) in [5, 5.41) is 20.7. The summed E-state index contributed by atoms with van der Waals surface area (Å²) in [5.74, 6) is -1.62. The lowest BCUT2D eigenvalue weighted by molar-refractivity contribution is -0.161. The minimum absolute atomic E-state index is 0.0792. The number of ether oxygens (including phenoxy) is 3. The molecule has 0 aromatic rings. The van der Waals surface area contributed by atoms with Crippen molar-refractivity contribution in [3.05, 3.63) is 170 Å². The molecule has 0 saturated carbocycles. The number of aliphatic hydroxyl groups is 2. The van der Waals surface area contributed by atoms with Crippen molar-refractivity contribution in [1.82, 2.24) is 0 Å². The molecule has 0 heterocycles. The van der Waals surface area contributed by atoms with Crippen LogP contribution in [0.4, 0.5) is 0 Å². The Labute approximate surface area is 688 Å². The van der Waals surface area contributed by atoms with Gasteiger partial charge < -0.3 is 34.2 Å². The van der Waals surface area contributed by atoms with Gasteiger partial charge in [0.05, 0.1) is 26.4 Å². The first-order valence-corrected chi connectivity index (χ1v) is 47.4. The lowest BCUT2D eigenvalue weighted by Crippen LogP contribution is -2.30. The molecule has 5 atom stereocenters. The number of esters is 3. The Morgan fingerprint density at radius 2 is 0.469 bits per heavy atom. The van der Waals surface area contributed by atoms with Crippen molar-refractivity contribution < 1.29 is 75.8 Å². The van der Waals surface area contributed by atoms with Gasteiger partial charge >= 0.3 is 33.6 Å². The summed E-state index contributed by atoms with van der Waals surface area (Å²) in [5.41, 5.74) is 0. The zero-order valence-electron chi connectivity index (χ0n) is 71.0. The molecule has 0 bridgehead atoms. The maximum absolute atomic E-state index is 13.0. The number of hydrogen-bond donors (Lipinski definition) is 4. The molecule has 646 valence electrons. The molecular formula is C95H160O16P2. The third-order valence-corrected chi connectivity index (χ3v) is 20.3. The van der Waals surface area contributed by atoms with E-state index in [-0.39, 0.29) is 19.3 Å². The predicted molar refractivity (Wildman–Crippen MR) is 472 cm³/mol. The van der Waals surface area contributed by atoms with E-state index in [0.29, 0.717) is 19.3 Å². The normalized spacial score (nSPS) is 14.6. The molecule has 0 aromatic carbocycles. The molecule has 0 spiro atoms. The van der Waals surface area contributed by atoms with Crippen LogP contribution in [-0.4, -0.2) is 95.9 Å². The second-order valence-electron chi connectivity index (χ2n) is 29.3. The molecule has 18 heteroatoms. The third kappa shape index (κ3) is 87.6. The first kappa shape index (κ1) is 108. The number of aliphatic hydroxyl groups excluding tert-OH is 2. The van der Waals surface area contributed by atoms with Crippen LogP contribution in [0.5, 0.6) is 0 Å². The quantitative estimate of drug-likeness (QED) is 0.0146. The fourth-order valence-corrected chi connectivity index (χ4v) is 13.3. The predicted octanol–water partition coefficient (Wildman–Crippen LogP) is 27.1. The molecule has 0 aliphatic carbocycles. The van der Waals surface area contributed by atoms with Gasteiger partial charge in [-0.15, -0.1) is 0 Å². The van der Waals surface area contributed by atoms with Crippen LogP contribution in [0.2, 0.25) is 0 Å². The Hall–Kier alpha value is -5.09. The van der Waals surface area contributed by atoms with E-state index in [1.807, 2.05) is 0 Å². The summed E-state index contributed by atoms with van der Waals surface area (Å²) in [6, 6.07) is 0. The summed E-state index contributed by atoms with van der Waals surface area (Å²) in [6.07, 6.45) is 111. The largest absolute Gasteiger partial charge is 0.472 e. The van der Waals surface area contributed by atoms with Crippen LogP contribution in [0.25, 0.3) is 0 Å². The van der Waals surface area contributed by atoms with E-state index in [0.717, 1.165) is 173 Å². The summed E-state index contributed by atoms with van der Waals surface area (Å²) in [7, 11) is -9.82. The van der Waals surface area contributed by atoms with Crippen LogP contribution >= 0.6 is 15.6 Å². The van der Waals surface area contributed by atoms with Gasteiger partial charge in [-0.3, -0.25) is 32.5 Å². The van der Waals surface area contributed by atoms with Crippen molar-refractivity contribution in [2.75, 3.05) is 39.6 Å². The maximum Gasteiger partial charge on any atom is 0.472 e. The molecule has 0 aliphatic heterocycles. The van der Waals surface area contributed by atoms with Crippen molar-refractivity contribution in [2.24, 2.45) is 0 Å². The Morgan fingerprint density at radius 3 is 0.743 bits per heavy atom. The van der Waals surface area contributed by atoms with E-state index in [4.69, 9.17) is 32.3 Å². The summed E-state index contributed by atoms with van der Waals surface area (Å²) in [4.78, 5) is 58.9. The van der Waals surface area contributed by atoms with Gasteiger partial charge in [0, 0.05) is 19.3 Å². The second-order valence-corrected chi connectivity index (χ2v) is 32.2. The van der Waals surface area contributed by atoms with E-state index in [1.165, 1.54) is 122 Å². The average molecular weight is 1620 g/mol. The first-order chi connectivity index (χ1) is 55.2. The molecule has 16 nitrogen and oxygen atoms in total. The van der Waals surface area contributed by atoms with Gasteiger partial charge in [-0.1, -0.05) is 351 Å². The van der Waals surface area contributed by atoms with Crippen molar-refractivity contribution in [1.29, 1.82) is 0 Å². The number of phosphoric acid groups is 2. The standard InChI is InChI=1S/C95H160O16P2/c1-4-7-10-13-16-19-22-25-28-31-34-36-38-39-40-41-42-43-44-45-46-47-48-49-51-53-55-57-60-63-66-69-72-75-78-81-93(98)105-84-90(96)85-107-112(101,102)108-86-91(97)87-109-113(103,104)110-89-92(111-95(100)83-80-77-74-71-68-65-62-59-54-33-30-27-24-21-18-15-12-9-6-3)88-106-94(99)82-79-76-73-70-67-64-61-58-56-52-50-37-35-32-29-26-23-20-17-14-11-8-5-2/h7-8,10-11,16-21,25-30,34-37,39-40,52,54,56,59,61,64,90-92,96-97H,4-6,9,12-15,22-24,31-33,38,41-51,53,55,57-58,60,62-63,65-89H2,1-3H3,(H,101,102)(H,103,104)/b10-7-,11-8-,19-16-,20-17-,21-18-,28-25-,29-26-,30-27-,36-34-,37-35-,40-39-,56-52-,59-54-,64-61-. The molecule has 4 N–H and O–H groups in total. The lowest BCUT2D eigenvalue weighted by atomic mass is 10.0. The minimum Gasteiger partial charge on any atom is -0.463 e. The molecule has 5 unspecified atom stereocenters. The number of hydrogen-bond acceptors (Lipinski definition) is 14. The molecule has 0 rings (SSSR count). The fraction of sp³-hybridized carbons (Fsp3) is 0.674. The van der Waals surface area contributed by atoms with Crippen LogP contribution in [-0.2, 0) is 55.8 Å². The van der Waals surface area contributed by atoms with E-state index >= 15 is 0 Å². The Balaban J connectivity index is 4.52. The van der Waals surface area contributed by atoms with Gasteiger partial charge in [-0.25, -0.2) is 9.13 Å². The first-order valence-electron chi connectivity index (χ1n) is 44.4. The number of unbranched alkanes of at least 4 members (excludes halogenated alkanes) is 32.